The van der Waals surface area contributed by atoms with Crippen LogP contribution in [0.25, 0.3) is 6.08 Å². The number of anilines is 2. The molecule has 212 valence electrons. The van der Waals surface area contributed by atoms with Gasteiger partial charge in [-0.3, -0.25) is 19.7 Å². The zero-order valence-electron chi connectivity index (χ0n) is 22.9. The van der Waals surface area contributed by atoms with Gasteiger partial charge in [0.25, 0.3) is 17.7 Å². The zero-order valence-corrected chi connectivity index (χ0v) is 25.0. The number of methoxy groups -OCH3 is 1. The van der Waals surface area contributed by atoms with Crippen LogP contribution in [0.5, 0.6) is 17.2 Å². The van der Waals surface area contributed by atoms with Crippen LogP contribution >= 0.6 is 22.6 Å². The predicted octanol–water partition coefficient (Wildman–Crippen LogP) is 5.00. The van der Waals surface area contributed by atoms with E-state index in [0.29, 0.717) is 38.7 Å². The van der Waals surface area contributed by atoms with Gasteiger partial charge in [0.05, 0.1) is 23.0 Å². The molecule has 0 bridgehead atoms. The molecular weight excluding hydrogens is 641 g/mol. The van der Waals surface area contributed by atoms with Crippen LogP contribution < -0.4 is 29.7 Å². The molecule has 0 aliphatic carbocycles. The Labute approximate surface area is 250 Å². The number of barbiturate groups is 1. The Balaban J connectivity index is 1.54. The zero-order chi connectivity index (χ0) is 29.7. The molecular formula is C30H28IN3O7. The standard InChI is InChI=1S/C30H28IN3O7/c1-5-40-21-10-8-20(9-11-21)34-29(37)22(28(36)33-30(34)38)13-19-14-23(31)27(25(15-19)39-4)41-16-26(35)32-24-12-17(2)6-7-18(24)3/h6-15H,5,16H2,1-4H3,(H,32,35)(H,33,36,38)/b22-13+. The Hall–Kier alpha value is -4.39. The molecule has 1 aliphatic heterocycles. The third-order valence-electron chi connectivity index (χ3n) is 6.09. The number of halogens is 1. The summed E-state index contributed by atoms with van der Waals surface area (Å²) in [6, 6.07) is 14.6. The van der Waals surface area contributed by atoms with Crippen LogP contribution in [0.4, 0.5) is 16.2 Å². The van der Waals surface area contributed by atoms with Gasteiger partial charge < -0.3 is 19.5 Å². The lowest BCUT2D eigenvalue weighted by atomic mass is 10.1. The van der Waals surface area contributed by atoms with Gasteiger partial charge in [0.2, 0.25) is 0 Å². The first kappa shape index (κ1) is 29.6. The van der Waals surface area contributed by atoms with Crippen molar-refractivity contribution in [2.45, 2.75) is 20.8 Å². The molecule has 41 heavy (non-hydrogen) atoms. The number of ether oxygens (including phenoxy) is 3. The van der Waals surface area contributed by atoms with Gasteiger partial charge >= 0.3 is 6.03 Å². The van der Waals surface area contributed by atoms with E-state index in [-0.39, 0.29) is 23.8 Å². The van der Waals surface area contributed by atoms with Crippen molar-refractivity contribution in [1.29, 1.82) is 0 Å². The summed E-state index contributed by atoms with van der Waals surface area (Å²) in [6.07, 6.45) is 1.37. The molecule has 1 heterocycles. The highest BCUT2D eigenvalue weighted by Gasteiger charge is 2.37. The minimum atomic E-state index is -0.851. The van der Waals surface area contributed by atoms with E-state index in [1.54, 1.807) is 36.4 Å². The lowest BCUT2D eigenvalue weighted by molar-refractivity contribution is -0.122. The number of nitrogens with one attached hydrogen (secondary N) is 2. The van der Waals surface area contributed by atoms with Gasteiger partial charge in [-0.1, -0.05) is 12.1 Å². The Morgan fingerprint density at radius 1 is 1.02 bits per heavy atom. The molecule has 0 aromatic heterocycles. The molecule has 0 saturated carbocycles. The van der Waals surface area contributed by atoms with Gasteiger partial charge in [0, 0.05) is 5.69 Å². The lowest BCUT2D eigenvalue weighted by Crippen LogP contribution is -2.54. The third-order valence-corrected chi connectivity index (χ3v) is 6.89. The van der Waals surface area contributed by atoms with Gasteiger partial charge in [-0.15, -0.1) is 0 Å². The summed E-state index contributed by atoms with van der Waals surface area (Å²) < 4.78 is 17.3. The molecule has 1 fully saturated rings. The fourth-order valence-corrected chi connectivity index (χ4v) is 4.86. The van der Waals surface area contributed by atoms with Crippen LogP contribution in [0.3, 0.4) is 0 Å². The van der Waals surface area contributed by atoms with Crippen molar-refractivity contribution >= 4 is 63.8 Å². The van der Waals surface area contributed by atoms with E-state index < -0.39 is 17.8 Å². The SMILES string of the molecule is CCOc1ccc(N2C(=O)NC(=O)/C(=C\c3cc(I)c(OCC(=O)Nc4cc(C)ccc4C)c(OC)c3)C2=O)cc1. The predicted molar refractivity (Wildman–Crippen MR) is 162 cm³/mol. The molecule has 10 nitrogen and oxygen atoms in total. The van der Waals surface area contributed by atoms with Crippen LogP contribution in [0.2, 0.25) is 0 Å². The molecule has 0 unspecified atom stereocenters. The smallest absolute Gasteiger partial charge is 0.335 e. The van der Waals surface area contributed by atoms with E-state index in [9.17, 15) is 19.2 Å². The summed E-state index contributed by atoms with van der Waals surface area (Å²) in [5, 5.41) is 5.05. The average molecular weight is 669 g/mol. The van der Waals surface area contributed by atoms with Crippen molar-refractivity contribution in [2.24, 2.45) is 0 Å². The van der Waals surface area contributed by atoms with Gasteiger partial charge in [-0.05, 0) is 109 Å². The second-order valence-electron chi connectivity index (χ2n) is 9.07. The molecule has 3 aromatic rings. The van der Waals surface area contributed by atoms with Crippen LogP contribution in [0.1, 0.15) is 23.6 Å². The number of rotatable bonds is 9. The molecule has 0 spiro atoms. The van der Waals surface area contributed by atoms with Crippen LogP contribution in [-0.2, 0) is 14.4 Å². The van der Waals surface area contributed by atoms with Gasteiger partial charge in [-0.2, -0.15) is 0 Å². The molecule has 1 aliphatic rings. The number of nitrogens with zero attached hydrogens (tertiary/aromatic N) is 1. The number of benzene rings is 3. The first-order valence-electron chi connectivity index (χ1n) is 12.6. The van der Waals surface area contributed by atoms with Crippen molar-refractivity contribution in [2.75, 3.05) is 30.5 Å². The first-order chi connectivity index (χ1) is 19.6. The van der Waals surface area contributed by atoms with Crippen molar-refractivity contribution < 1.29 is 33.4 Å². The molecule has 2 N–H and O–H groups in total. The molecule has 1 saturated heterocycles. The fraction of sp³-hybridized carbons (Fsp3) is 0.200. The maximum Gasteiger partial charge on any atom is 0.335 e. The van der Waals surface area contributed by atoms with Crippen molar-refractivity contribution in [3.05, 3.63) is 80.4 Å². The van der Waals surface area contributed by atoms with Gasteiger partial charge in [0.1, 0.15) is 11.3 Å². The molecule has 4 rings (SSSR count). The van der Waals surface area contributed by atoms with E-state index in [1.165, 1.54) is 13.2 Å². The summed E-state index contributed by atoms with van der Waals surface area (Å²) in [5.41, 5.74) is 3.15. The number of hydrogen-bond donors (Lipinski definition) is 2. The number of carbonyl (C=O) groups excluding carboxylic acids is 4. The number of hydrogen-bond acceptors (Lipinski definition) is 7. The van der Waals surface area contributed by atoms with E-state index >= 15 is 0 Å². The van der Waals surface area contributed by atoms with E-state index in [4.69, 9.17) is 14.2 Å². The minimum absolute atomic E-state index is 0.238. The number of imide groups is 2. The van der Waals surface area contributed by atoms with Crippen LogP contribution in [0.15, 0.2) is 60.2 Å². The van der Waals surface area contributed by atoms with Crippen LogP contribution in [0, 0.1) is 17.4 Å². The first-order valence-corrected chi connectivity index (χ1v) is 13.7. The summed E-state index contributed by atoms with van der Waals surface area (Å²) in [5.74, 6) is -0.728. The molecule has 0 atom stereocenters. The average Bonchev–Trinajstić information content (AvgIpc) is 2.93. The maximum absolute atomic E-state index is 13.3. The Morgan fingerprint density at radius 3 is 2.44 bits per heavy atom. The van der Waals surface area contributed by atoms with E-state index in [0.717, 1.165) is 16.0 Å². The quantitative estimate of drug-likeness (QED) is 0.187. The molecule has 3 aromatic carbocycles. The van der Waals surface area contributed by atoms with E-state index in [2.05, 4.69) is 10.6 Å². The normalized spacial score (nSPS) is 14.1. The highest BCUT2D eigenvalue weighted by atomic mass is 127. The molecule has 5 amide bonds. The number of carbonyl (C=O) groups is 4. The number of amides is 5. The second-order valence-corrected chi connectivity index (χ2v) is 10.2. The summed E-state index contributed by atoms with van der Waals surface area (Å²) in [4.78, 5) is 51.9. The lowest BCUT2D eigenvalue weighted by Gasteiger charge is -2.26. The molecule has 0 radical (unpaired) electrons. The summed E-state index contributed by atoms with van der Waals surface area (Å²) in [7, 11) is 1.44. The largest absolute Gasteiger partial charge is 0.494 e. The van der Waals surface area contributed by atoms with Crippen molar-refractivity contribution in [3.63, 3.8) is 0 Å². The Bertz CT molecular complexity index is 1550. The van der Waals surface area contributed by atoms with Crippen LogP contribution in [-0.4, -0.2) is 44.1 Å². The minimum Gasteiger partial charge on any atom is -0.494 e. The monoisotopic (exact) mass is 669 g/mol. The second kappa shape index (κ2) is 12.9. The summed E-state index contributed by atoms with van der Waals surface area (Å²) in [6.45, 7) is 5.89. The fourth-order valence-electron chi connectivity index (χ4n) is 4.07. The summed E-state index contributed by atoms with van der Waals surface area (Å²) >= 11 is 2.02. The molecule has 11 heteroatoms. The highest BCUT2D eigenvalue weighted by molar-refractivity contribution is 14.1. The van der Waals surface area contributed by atoms with Gasteiger partial charge in [0.15, 0.2) is 18.1 Å². The third kappa shape index (κ3) is 6.85. The van der Waals surface area contributed by atoms with E-state index in [1.807, 2.05) is 61.6 Å². The van der Waals surface area contributed by atoms with Gasteiger partial charge in [-0.25, -0.2) is 9.69 Å². The Kier molecular flexibility index (Phi) is 9.28. The highest BCUT2D eigenvalue weighted by Crippen LogP contribution is 2.35. The maximum atomic E-state index is 13.3. The Morgan fingerprint density at radius 2 is 1.76 bits per heavy atom. The number of aryl methyl sites for hydroxylation is 2. The topological polar surface area (TPSA) is 123 Å². The number of urea groups is 1. The van der Waals surface area contributed by atoms with Crippen molar-refractivity contribution in [3.8, 4) is 17.2 Å². The van der Waals surface area contributed by atoms with Crippen molar-refractivity contribution in [1.82, 2.24) is 5.32 Å².